The lowest BCUT2D eigenvalue weighted by Crippen LogP contribution is -2.60. The van der Waals surface area contributed by atoms with E-state index in [-0.39, 0.29) is 19.8 Å². The minimum absolute atomic E-state index is 0.246. The summed E-state index contributed by atoms with van der Waals surface area (Å²) in [6.07, 6.45) is -4.32. The largest absolute Gasteiger partial charge is 0.509 e. The molecule has 0 bridgehead atoms. The Kier molecular flexibility index (Phi) is 2.59. The van der Waals surface area contributed by atoms with Gasteiger partial charge in [-0.25, -0.2) is 18.0 Å². The van der Waals surface area contributed by atoms with E-state index >= 15 is 0 Å². The molecule has 3 fully saturated rings. The first-order valence-corrected chi connectivity index (χ1v) is 6.50. The lowest BCUT2D eigenvalue weighted by atomic mass is 9.93. The van der Waals surface area contributed by atoms with E-state index in [9.17, 15) is 18.0 Å². The van der Waals surface area contributed by atoms with Gasteiger partial charge in [0.1, 0.15) is 25.9 Å². The molecule has 1 spiro atoms. The van der Waals surface area contributed by atoms with Gasteiger partial charge in [-0.15, -0.1) is 0 Å². The molecule has 19 heavy (non-hydrogen) atoms. The molecule has 0 radical (unpaired) electrons. The van der Waals surface area contributed by atoms with Crippen molar-refractivity contribution in [2.24, 2.45) is 0 Å². The fraction of sp³-hybridized carbons (Fsp3) is 0.750. The Morgan fingerprint density at radius 2 is 1.79 bits per heavy atom. The quantitative estimate of drug-likeness (QED) is 0.561. The summed E-state index contributed by atoms with van der Waals surface area (Å²) in [5.41, 5.74) is -1.43. The maximum absolute atomic E-state index is 11.1. The van der Waals surface area contributed by atoms with E-state index in [1.54, 1.807) is 0 Å². The zero-order chi connectivity index (χ0) is 13.7. The molecule has 0 amide bonds. The number of ether oxygens (including phenoxy) is 4. The summed E-state index contributed by atoms with van der Waals surface area (Å²) >= 11 is 0. The minimum Gasteiger partial charge on any atom is -0.430 e. The van der Waals surface area contributed by atoms with Gasteiger partial charge in [-0.1, -0.05) is 0 Å². The molecule has 0 aliphatic carbocycles. The van der Waals surface area contributed by atoms with E-state index in [0.717, 1.165) is 0 Å². The van der Waals surface area contributed by atoms with Gasteiger partial charge in [0.25, 0.3) is 0 Å². The van der Waals surface area contributed by atoms with Gasteiger partial charge in [0, 0.05) is 0 Å². The number of carbonyl (C=O) groups is 2. The molecule has 106 valence electrons. The number of carbonyl (C=O) groups excluding carboxylic acids is 2. The summed E-state index contributed by atoms with van der Waals surface area (Å²) in [6.45, 7) is -0.925. The van der Waals surface area contributed by atoms with Crippen molar-refractivity contribution in [2.75, 3.05) is 19.8 Å². The summed E-state index contributed by atoms with van der Waals surface area (Å²) in [7, 11) is -4.14. The molecule has 11 heteroatoms. The van der Waals surface area contributed by atoms with Crippen LogP contribution in [-0.2, 0) is 37.7 Å². The molecule has 3 unspecified atom stereocenters. The van der Waals surface area contributed by atoms with Crippen molar-refractivity contribution in [3.8, 4) is 0 Å². The second-order valence-corrected chi connectivity index (χ2v) is 5.35. The summed E-state index contributed by atoms with van der Waals surface area (Å²) in [6, 6.07) is 0. The molecule has 3 aliphatic heterocycles. The number of hydrogen-bond acceptors (Lipinski definition) is 10. The van der Waals surface area contributed by atoms with E-state index < -0.39 is 40.5 Å². The maximum Gasteiger partial charge on any atom is 0.509 e. The molecule has 0 aromatic rings. The topological polar surface area (TPSA) is 124 Å². The van der Waals surface area contributed by atoms with Crippen LogP contribution in [0.15, 0.2) is 0 Å². The smallest absolute Gasteiger partial charge is 0.430 e. The molecule has 3 aliphatic rings. The van der Waals surface area contributed by atoms with Crippen LogP contribution in [0.1, 0.15) is 0 Å². The van der Waals surface area contributed by atoms with Gasteiger partial charge in [-0.2, -0.15) is 8.42 Å². The van der Waals surface area contributed by atoms with Crippen LogP contribution in [0, 0.1) is 0 Å². The van der Waals surface area contributed by atoms with E-state index in [1.807, 2.05) is 0 Å². The molecule has 0 aromatic carbocycles. The lowest BCUT2D eigenvalue weighted by Gasteiger charge is -2.37. The molecule has 0 aromatic heterocycles. The van der Waals surface area contributed by atoms with Crippen molar-refractivity contribution < 1.29 is 45.3 Å². The molecule has 3 atom stereocenters. The van der Waals surface area contributed by atoms with E-state index in [2.05, 4.69) is 17.8 Å². The Balaban J connectivity index is 1.87. The number of hydrogen-bond donors (Lipinski definition) is 0. The van der Waals surface area contributed by atoms with Crippen LogP contribution in [0.2, 0.25) is 0 Å². The third-order valence-electron chi connectivity index (χ3n) is 2.85. The molecule has 0 saturated carbocycles. The fourth-order valence-corrected chi connectivity index (χ4v) is 2.85. The van der Waals surface area contributed by atoms with Gasteiger partial charge in [-0.3, -0.25) is 0 Å². The van der Waals surface area contributed by atoms with Crippen molar-refractivity contribution in [2.45, 2.75) is 17.8 Å². The van der Waals surface area contributed by atoms with Crippen LogP contribution >= 0.6 is 0 Å². The summed E-state index contributed by atoms with van der Waals surface area (Å²) in [4.78, 5) is 22.2. The highest BCUT2D eigenvalue weighted by molar-refractivity contribution is 7.82. The Morgan fingerprint density at radius 1 is 1.11 bits per heavy atom. The van der Waals surface area contributed by atoms with Gasteiger partial charge in [0.05, 0.1) is 0 Å². The van der Waals surface area contributed by atoms with Gasteiger partial charge in [0.2, 0.25) is 5.60 Å². The standard InChI is InChI=1S/C8H8O10S/c9-6-13-2-8(3-14-7(10)17-8)5(16-6)4-1-15-19(11,12)18-4/h4-5H,1-3H2. The van der Waals surface area contributed by atoms with Gasteiger partial charge < -0.3 is 18.9 Å². The zero-order valence-electron chi connectivity index (χ0n) is 9.27. The SMILES string of the molecule is O=C1OCC2(COC(=O)O2)C(C2COS(=O)(=O)O2)O1. The zero-order valence-corrected chi connectivity index (χ0v) is 10.1. The summed E-state index contributed by atoms with van der Waals surface area (Å²) in [5, 5.41) is 0. The summed E-state index contributed by atoms with van der Waals surface area (Å²) in [5.74, 6) is 0. The first kappa shape index (κ1) is 12.4. The maximum atomic E-state index is 11.1. The predicted octanol–water partition coefficient (Wildman–Crippen LogP) is -0.912. The fourth-order valence-electron chi connectivity index (χ4n) is 2.04. The van der Waals surface area contributed by atoms with Crippen molar-refractivity contribution in [3.05, 3.63) is 0 Å². The monoisotopic (exact) mass is 296 g/mol. The Bertz CT molecular complexity index is 526. The van der Waals surface area contributed by atoms with Crippen LogP contribution in [-0.4, -0.2) is 58.4 Å². The van der Waals surface area contributed by atoms with Crippen LogP contribution in [0.5, 0.6) is 0 Å². The number of rotatable bonds is 1. The second kappa shape index (κ2) is 3.95. The number of cyclic esters (lactones) is 3. The molecule has 3 rings (SSSR count). The van der Waals surface area contributed by atoms with Crippen molar-refractivity contribution in [1.82, 2.24) is 0 Å². The third kappa shape index (κ3) is 2.09. The van der Waals surface area contributed by atoms with Crippen molar-refractivity contribution in [1.29, 1.82) is 0 Å². The van der Waals surface area contributed by atoms with Crippen molar-refractivity contribution >= 4 is 22.7 Å². The molecular formula is C8H8O10S. The predicted molar refractivity (Wildman–Crippen MR) is 51.1 cm³/mol. The van der Waals surface area contributed by atoms with E-state index in [1.165, 1.54) is 0 Å². The summed E-state index contributed by atoms with van der Waals surface area (Å²) < 4.78 is 50.3. The second-order valence-electron chi connectivity index (χ2n) is 4.11. The Morgan fingerprint density at radius 3 is 2.32 bits per heavy atom. The molecular weight excluding hydrogens is 288 g/mol. The molecule has 0 N–H and O–H groups in total. The first-order chi connectivity index (χ1) is 8.90. The highest BCUT2D eigenvalue weighted by Gasteiger charge is 2.60. The van der Waals surface area contributed by atoms with Crippen LogP contribution < -0.4 is 0 Å². The van der Waals surface area contributed by atoms with Crippen molar-refractivity contribution in [3.63, 3.8) is 0 Å². The lowest BCUT2D eigenvalue weighted by molar-refractivity contribution is -0.171. The Labute approximate surface area is 106 Å². The minimum atomic E-state index is -4.14. The van der Waals surface area contributed by atoms with Crippen LogP contribution in [0.25, 0.3) is 0 Å². The molecule has 10 nitrogen and oxygen atoms in total. The van der Waals surface area contributed by atoms with Gasteiger partial charge >= 0.3 is 22.7 Å². The highest BCUT2D eigenvalue weighted by Crippen LogP contribution is 2.35. The highest BCUT2D eigenvalue weighted by atomic mass is 32.3. The first-order valence-electron chi connectivity index (χ1n) is 5.17. The van der Waals surface area contributed by atoms with E-state index in [4.69, 9.17) is 9.47 Å². The molecule has 3 heterocycles. The van der Waals surface area contributed by atoms with Gasteiger partial charge in [0.15, 0.2) is 6.10 Å². The normalized spacial score (nSPS) is 40.4. The van der Waals surface area contributed by atoms with Gasteiger partial charge in [-0.05, 0) is 0 Å². The van der Waals surface area contributed by atoms with Crippen LogP contribution in [0.4, 0.5) is 9.59 Å². The van der Waals surface area contributed by atoms with Crippen LogP contribution in [0.3, 0.4) is 0 Å². The average Bonchev–Trinajstić information content (AvgIpc) is 2.87. The average molecular weight is 296 g/mol. The Hall–Kier alpha value is -1.59. The third-order valence-corrected chi connectivity index (χ3v) is 3.76. The molecule has 3 saturated heterocycles. The van der Waals surface area contributed by atoms with E-state index in [0.29, 0.717) is 0 Å².